The van der Waals surface area contributed by atoms with Gasteiger partial charge in [0, 0.05) is 15.6 Å². The summed E-state index contributed by atoms with van der Waals surface area (Å²) in [6.45, 7) is 0. The number of carbonyl (C=O) groups excluding carboxylic acids is 2. The number of nitrogens with one attached hydrogen (secondary N) is 2. The summed E-state index contributed by atoms with van der Waals surface area (Å²) in [4.78, 5) is 24.2. The van der Waals surface area contributed by atoms with E-state index in [4.69, 9.17) is 11.6 Å². The summed E-state index contributed by atoms with van der Waals surface area (Å²) in [5.41, 5.74) is 0.633. The van der Waals surface area contributed by atoms with E-state index in [-0.39, 0.29) is 11.7 Å². The van der Waals surface area contributed by atoms with Gasteiger partial charge in [-0.25, -0.2) is 4.79 Å². The number of para-hydroxylation sites is 1. The molecule has 0 aliphatic rings. The fourth-order valence-corrected chi connectivity index (χ4v) is 2.35. The molecule has 0 aliphatic carbocycles. The van der Waals surface area contributed by atoms with Gasteiger partial charge in [0.15, 0.2) is 0 Å². The normalized spacial score (nSPS) is 9.95. The molecule has 108 valence electrons. The number of amides is 3. The second-order valence-corrected chi connectivity index (χ2v) is 5.60. The summed E-state index contributed by atoms with van der Waals surface area (Å²) in [6, 6.07) is 15.5. The Morgan fingerprint density at radius 1 is 1.00 bits per heavy atom. The van der Waals surface area contributed by atoms with Crippen LogP contribution in [0.25, 0.3) is 0 Å². The van der Waals surface area contributed by atoms with Gasteiger partial charge in [-0.2, -0.15) is 0 Å². The molecule has 2 rings (SSSR count). The van der Waals surface area contributed by atoms with Crippen molar-refractivity contribution in [1.29, 1.82) is 0 Å². The fourth-order valence-electron chi connectivity index (χ4n) is 1.53. The summed E-state index contributed by atoms with van der Waals surface area (Å²) < 4.78 is 0. The van der Waals surface area contributed by atoms with E-state index in [0.717, 1.165) is 4.90 Å². The van der Waals surface area contributed by atoms with Crippen molar-refractivity contribution < 1.29 is 9.59 Å². The van der Waals surface area contributed by atoms with Gasteiger partial charge in [0.05, 0.1) is 5.75 Å². The van der Waals surface area contributed by atoms with E-state index < -0.39 is 6.03 Å². The van der Waals surface area contributed by atoms with Crippen LogP contribution in [0.3, 0.4) is 0 Å². The van der Waals surface area contributed by atoms with Crippen molar-refractivity contribution in [2.45, 2.75) is 4.90 Å². The molecule has 0 aliphatic heterocycles. The second kappa shape index (κ2) is 7.71. The molecule has 0 radical (unpaired) electrons. The number of benzene rings is 2. The van der Waals surface area contributed by atoms with Crippen LogP contribution in [-0.4, -0.2) is 17.7 Å². The summed E-state index contributed by atoms with van der Waals surface area (Å²) in [7, 11) is 0. The fraction of sp³-hybridized carbons (Fsp3) is 0.0667. The predicted molar refractivity (Wildman–Crippen MR) is 85.8 cm³/mol. The number of urea groups is 1. The highest BCUT2D eigenvalue weighted by molar-refractivity contribution is 8.00. The standard InChI is InChI=1S/C15H13ClN2O2S/c16-11-6-8-13(9-7-11)21-10-14(19)18-15(20)17-12-4-2-1-3-5-12/h1-9H,10H2,(H2,17,18,19,20). The Hall–Kier alpha value is -1.98. The molecule has 6 heteroatoms. The maximum absolute atomic E-state index is 11.7. The number of halogens is 1. The molecule has 2 aromatic rings. The van der Waals surface area contributed by atoms with Gasteiger partial charge in [0.25, 0.3) is 0 Å². The first kappa shape index (κ1) is 15.4. The molecule has 0 spiro atoms. The molecule has 0 aromatic heterocycles. The number of thioether (sulfide) groups is 1. The molecule has 4 nitrogen and oxygen atoms in total. The molecule has 2 N–H and O–H groups in total. The summed E-state index contributed by atoms with van der Waals surface area (Å²) >= 11 is 7.11. The minimum atomic E-state index is -0.539. The van der Waals surface area contributed by atoms with Gasteiger partial charge in [-0.15, -0.1) is 11.8 Å². The van der Waals surface area contributed by atoms with E-state index in [9.17, 15) is 9.59 Å². The minimum Gasteiger partial charge on any atom is -0.308 e. The number of hydrogen-bond acceptors (Lipinski definition) is 3. The third kappa shape index (κ3) is 5.49. The molecule has 0 heterocycles. The number of rotatable bonds is 4. The Bertz CT molecular complexity index is 617. The zero-order chi connectivity index (χ0) is 15.1. The van der Waals surface area contributed by atoms with Gasteiger partial charge < -0.3 is 5.32 Å². The molecule has 0 atom stereocenters. The smallest absolute Gasteiger partial charge is 0.308 e. The van der Waals surface area contributed by atoms with Crippen LogP contribution >= 0.6 is 23.4 Å². The zero-order valence-electron chi connectivity index (χ0n) is 11.0. The Balaban J connectivity index is 1.76. The molecular weight excluding hydrogens is 308 g/mol. The molecule has 0 bridgehead atoms. The lowest BCUT2D eigenvalue weighted by molar-refractivity contribution is -0.117. The maximum Gasteiger partial charge on any atom is 0.325 e. The quantitative estimate of drug-likeness (QED) is 0.843. The number of carbonyl (C=O) groups is 2. The van der Waals surface area contributed by atoms with Crippen molar-refractivity contribution in [3.63, 3.8) is 0 Å². The lowest BCUT2D eigenvalue weighted by atomic mass is 10.3. The zero-order valence-corrected chi connectivity index (χ0v) is 12.6. The molecule has 0 saturated heterocycles. The minimum absolute atomic E-state index is 0.157. The van der Waals surface area contributed by atoms with E-state index in [1.807, 2.05) is 18.2 Å². The number of anilines is 1. The van der Waals surface area contributed by atoms with Crippen molar-refractivity contribution >= 4 is 41.0 Å². The van der Waals surface area contributed by atoms with E-state index in [1.54, 1.807) is 36.4 Å². The predicted octanol–water partition coefficient (Wildman–Crippen LogP) is 3.78. The summed E-state index contributed by atoms with van der Waals surface area (Å²) in [5, 5.41) is 5.50. The van der Waals surface area contributed by atoms with Gasteiger partial charge in [0.2, 0.25) is 5.91 Å². The third-order valence-corrected chi connectivity index (χ3v) is 3.73. The van der Waals surface area contributed by atoms with Gasteiger partial charge >= 0.3 is 6.03 Å². The lowest BCUT2D eigenvalue weighted by Gasteiger charge is -2.06. The molecular formula is C15H13ClN2O2S. The van der Waals surface area contributed by atoms with E-state index in [1.165, 1.54) is 11.8 Å². The largest absolute Gasteiger partial charge is 0.325 e. The third-order valence-electron chi connectivity index (χ3n) is 2.47. The van der Waals surface area contributed by atoms with E-state index >= 15 is 0 Å². The van der Waals surface area contributed by atoms with Crippen LogP contribution in [0.4, 0.5) is 10.5 Å². The summed E-state index contributed by atoms with van der Waals surface area (Å²) in [6.07, 6.45) is 0. The molecule has 21 heavy (non-hydrogen) atoms. The maximum atomic E-state index is 11.7. The Morgan fingerprint density at radius 2 is 1.67 bits per heavy atom. The van der Waals surface area contributed by atoms with Crippen molar-refractivity contribution in [2.75, 3.05) is 11.1 Å². The van der Waals surface area contributed by atoms with Crippen LogP contribution in [0.5, 0.6) is 0 Å². The first-order chi connectivity index (χ1) is 10.1. The van der Waals surface area contributed by atoms with Crippen molar-refractivity contribution in [1.82, 2.24) is 5.32 Å². The monoisotopic (exact) mass is 320 g/mol. The number of imide groups is 1. The van der Waals surface area contributed by atoms with Crippen molar-refractivity contribution in [2.24, 2.45) is 0 Å². The van der Waals surface area contributed by atoms with Crippen LogP contribution in [-0.2, 0) is 4.79 Å². The topological polar surface area (TPSA) is 58.2 Å². The van der Waals surface area contributed by atoms with Crippen LogP contribution in [0.1, 0.15) is 0 Å². The van der Waals surface area contributed by atoms with Gasteiger partial charge in [0.1, 0.15) is 0 Å². The molecule has 3 amide bonds. The van der Waals surface area contributed by atoms with Crippen molar-refractivity contribution in [3.05, 3.63) is 59.6 Å². The molecule has 0 saturated carbocycles. The highest BCUT2D eigenvalue weighted by atomic mass is 35.5. The Morgan fingerprint density at radius 3 is 2.33 bits per heavy atom. The van der Waals surface area contributed by atoms with E-state index in [0.29, 0.717) is 10.7 Å². The average molecular weight is 321 g/mol. The number of hydrogen-bond donors (Lipinski definition) is 2. The van der Waals surface area contributed by atoms with Gasteiger partial charge in [-0.3, -0.25) is 10.1 Å². The molecule has 2 aromatic carbocycles. The molecule has 0 fully saturated rings. The summed E-state index contributed by atoms with van der Waals surface area (Å²) in [5.74, 6) is -0.201. The second-order valence-electron chi connectivity index (χ2n) is 4.11. The SMILES string of the molecule is O=C(CSc1ccc(Cl)cc1)NC(=O)Nc1ccccc1. The highest BCUT2D eigenvalue weighted by Gasteiger charge is 2.08. The average Bonchev–Trinajstić information content (AvgIpc) is 2.47. The van der Waals surface area contributed by atoms with Crippen LogP contribution in [0.2, 0.25) is 5.02 Å². The van der Waals surface area contributed by atoms with Crippen LogP contribution < -0.4 is 10.6 Å². The van der Waals surface area contributed by atoms with Crippen LogP contribution in [0.15, 0.2) is 59.5 Å². The Kier molecular flexibility index (Phi) is 5.66. The highest BCUT2D eigenvalue weighted by Crippen LogP contribution is 2.19. The molecule has 0 unspecified atom stereocenters. The lowest BCUT2D eigenvalue weighted by Crippen LogP contribution is -2.35. The van der Waals surface area contributed by atoms with E-state index in [2.05, 4.69) is 10.6 Å². The first-order valence-electron chi connectivity index (χ1n) is 6.18. The van der Waals surface area contributed by atoms with Crippen molar-refractivity contribution in [3.8, 4) is 0 Å². The van der Waals surface area contributed by atoms with Gasteiger partial charge in [-0.1, -0.05) is 29.8 Å². The van der Waals surface area contributed by atoms with Crippen LogP contribution in [0, 0.1) is 0 Å². The Labute approximate surface area is 131 Å². The van der Waals surface area contributed by atoms with Gasteiger partial charge in [-0.05, 0) is 36.4 Å². The first-order valence-corrected chi connectivity index (χ1v) is 7.54.